The third kappa shape index (κ3) is 2.90. The van der Waals surface area contributed by atoms with Gasteiger partial charge in [-0.05, 0) is 6.92 Å². The molecule has 0 aromatic heterocycles. The Balaban J connectivity index is 0. The summed E-state index contributed by atoms with van der Waals surface area (Å²) < 4.78 is 0. The highest BCUT2D eigenvalue weighted by atomic mass is 35.5. The molecule has 1 N–H and O–H groups in total. The fourth-order valence-electron chi connectivity index (χ4n) is 1.75. The first-order chi connectivity index (χ1) is 6.19. The van der Waals surface area contributed by atoms with Crippen molar-refractivity contribution in [3.8, 4) is 12.3 Å². The first-order valence-electron chi connectivity index (χ1n) is 4.57. The summed E-state index contributed by atoms with van der Waals surface area (Å²) in [6, 6.07) is 0.387. The molecule has 0 aromatic rings. The lowest BCUT2D eigenvalue weighted by Gasteiger charge is -2.35. The Bertz CT molecular complexity index is 252. The van der Waals surface area contributed by atoms with E-state index in [1.165, 1.54) is 0 Å². The van der Waals surface area contributed by atoms with Crippen molar-refractivity contribution in [2.24, 2.45) is 11.1 Å². The number of hydrogen-bond donors (Lipinski definition) is 1. The number of likely N-dealkylation sites (tertiary alicyclic amines) is 1. The normalized spacial score (nSPS) is 30.8. The molecule has 4 heteroatoms. The third-order valence-corrected chi connectivity index (χ3v) is 2.63. The zero-order chi connectivity index (χ0) is 9.84. The Morgan fingerprint density at radius 1 is 1.71 bits per heavy atom. The minimum absolute atomic E-state index is 0. The standard InChI is InChI=1S/C10H16N2O.ClH/c1-4-5-12-7-8(2)10(11-13)6-9(12)3;/h1,8-9,13H,5-7H2,2-3H3;1H/b11-10+;. The van der Waals surface area contributed by atoms with Crippen LogP contribution >= 0.6 is 0 Å². The number of piperidine rings is 1. The molecule has 0 aliphatic carbocycles. The highest BCUT2D eigenvalue weighted by Crippen LogP contribution is 2.18. The summed E-state index contributed by atoms with van der Waals surface area (Å²) in [5.41, 5.74) is 0.890. The molecule has 1 rings (SSSR count). The molecule has 0 amide bonds. The highest BCUT2D eigenvalue weighted by Gasteiger charge is 2.27. The Morgan fingerprint density at radius 2 is 2.36 bits per heavy atom. The van der Waals surface area contributed by atoms with Gasteiger partial charge in [0.15, 0.2) is 0 Å². The van der Waals surface area contributed by atoms with Gasteiger partial charge in [0, 0.05) is 24.9 Å². The van der Waals surface area contributed by atoms with Gasteiger partial charge in [-0.15, -0.1) is 6.42 Å². The molecule has 0 radical (unpaired) electrons. The van der Waals surface area contributed by atoms with Crippen LogP contribution in [0, 0.1) is 18.3 Å². The lowest BCUT2D eigenvalue weighted by Crippen LogP contribution is -3.00. The molecule has 0 bridgehead atoms. The van der Waals surface area contributed by atoms with Crippen molar-refractivity contribution < 1.29 is 19.0 Å². The first-order valence-corrected chi connectivity index (χ1v) is 4.57. The molecule has 1 fully saturated rings. The molecule has 1 saturated heterocycles. The van der Waals surface area contributed by atoms with Gasteiger partial charge in [-0.3, -0.25) is 4.90 Å². The zero-order valence-corrected chi connectivity index (χ0v) is 9.33. The van der Waals surface area contributed by atoms with Crippen LogP contribution in [0.5, 0.6) is 0 Å². The molecule has 0 spiro atoms. The van der Waals surface area contributed by atoms with E-state index < -0.39 is 0 Å². The third-order valence-electron chi connectivity index (χ3n) is 2.63. The van der Waals surface area contributed by atoms with Gasteiger partial charge in [0.2, 0.25) is 0 Å². The van der Waals surface area contributed by atoms with E-state index in [4.69, 9.17) is 11.6 Å². The molecule has 80 valence electrons. The molecule has 14 heavy (non-hydrogen) atoms. The number of terminal acetylenes is 1. The summed E-state index contributed by atoms with van der Waals surface area (Å²) in [4.78, 5) is 2.24. The molecular weight excluding hydrogens is 200 g/mol. The van der Waals surface area contributed by atoms with Crippen molar-refractivity contribution in [3.63, 3.8) is 0 Å². The van der Waals surface area contributed by atoms with E-state index in [9.17, 15) is 0 Å². The Kier molecular flexibility index (Phi) is 5.59. The van der Waals surface area contributed by atoms with E-state index in [1.807, 2.05) is 0 Å². The fourth-order valence-corrected chi connectivity index (χ4v) is 1.75. The largest absolute Gasteiger partial charge is 1.00 e. The summed E-state index contributed by atoms with van der Waals surface area (Å²) in [5.74, 6) is 2.96. The average molecular weight is 217 g/mol. The summed E-state index contributed by atoms with van der Waals surface area (Å²) in [6.45, 7) is 5.74. The maximum atomic E-state index is 8.72. The van der Waals surface area contributed by atoms with E-state index >= 15 is 0 Å². The lowest BCUT2D eigenvalue weighted by atomic mass is 9.93. The smallest absolute Gasteiger partial charge is 1.00 e. The Hall–Kier alpha value is -0.720. The maximum Gasteiger partial charge on any atom is 1.00 e. The van der Waals surface area contributed by atoms with Crippen LogP contribution in [0.15, 0.2) is 5.16 Å². The van der Waals surface area contributed by atoms with Crippen LogP contribution in [0.25, 0.3) is 0 Å². The topological polar surface area (TPSA) is 35.8 Å². The van der Waals surface area contributed by atoms with Gasteiger partial charge in [0.1, 0.15) is 0 Å². The van der Waals surface area contributed by atoms with Crippen LogP contribution in [-0.2, 0) is 0 Å². The van der Waals surface area contributed by atoms with Crippen molar-refractivity contribution in [2.45, 2.75) is 26.3 Å². The Morgan fingerprint density at radius 3 is 2.86 bits per heavy atom. The molecule has 1 aliphatic heterocycles. The predicted molar refractivity (Wildman–Crippen MR) is 54.0 cm³/mol. The summed E-state index contributed by atoms with van der Waals surface area (Å²) >= 11 is 0. The second-order valence-corrected chi connectivity index (χ2v) is 3.68. The number of halogens is 1. The van der Waals surface area contributed by atoms with Gasteiger partial charge < -0.3 is 17.6 Å². The van der Waals surface area contributed by atoms with E-state index in [2.05, 4.69) is 29.8 Å². The van der Waals surface area contributed by atoms with Crippen molar-refractivity contribution in [1.29, 1.82) is 0 Å². The molecule has 2 atom stereocenters. The number of hydrogen-bond acceptors (Lipinski definition) is 3. The summed E-state index contributed by atoms with van der Waals surface area (Å²) in [6.07, 6.45) is 6.08. The van der Waals surface area contributed by atoms with Gasteiger partial charge in [0.05, 0.1) is 12.3 Å². The predicted octanol–water partition coefficient (Wildman–Crippen LogP) is -1.70. The fraction of sp³-hybridized carbons (Fsp3) is 0.700. The highest BCUT2D eigenvalue weighted by molar-refractivity contribution is 5.87. The van der Waals surface area contributed by atoms with Crippen LogP contribution in [0.2, 0.25) is 0 Å². The summed E-state index contributed by atoms with van der Waals surface area (Å²) in [5, 5.41) is 12.0. The van der Waals surface area contributed by atoms with E-state index in [-0.39, 0.29) is 13.8 Å². The van der Waals surface area contributed by atoms with Gasteiger partial charge in [-0.25, -0.2) is 0 Å². The molecule has 3 nitrogen and oxygen atoms in total. The quantitative estimate of drug-likeness (QED) is 0.322. The maximum absolute atomic E-state index is 8.72. The minimum Gasteiger partial charge on any atom is -1.00 e. The Labute approximate surface area is 93.1 Å². The molecular formula is C10H17ClN2O. The van der Waals surface area contributed by atoms with Crippen molar-refractivity contribution in [3.05, 3.63) is 0 Å². The van der Waals surface area contributed by atoms with Gasteiger partial charge in [-0.1, -0.05) is 18.0 Å². The first kappa shape index (κ1) is 13.3. The van der Waals surface area contributed by atoms with E-state index in [0.717, 1.165) is 18.7 Å². The van der Waals surface area contributed by atoms with Crippen LogP contribution in [-0.4, -0.2) is 35.0 Å². The van der Waals surface area contributed by atoms with Crippen LogP contribution in [0.3, 0.4) is 0 Å². The van der Waals surface area contributed by atoms with Crippen molar-refractivity contribution in [1.82, 2.24) is 4.90 Å². The van der Waals surface area contributed by atoms with Crippen molar-refractivity contribution >= 4 is 5.71 Å². The van der Waals surface area contributed by atoms with Gasteiger partial charge in [-0.2, -0.15) is 0 Å². The molecule has 0 aromatic carbocycles. The van der Waals surface area contributed by atoms with Crippen molar-refractivity contribution in [2.75, 3.05) is 13.1 Å². The second kappa shape index (κ2) is 5.90. The molecule has 1 heterocycles. The number of nitrogens with zero attached hydrogens (tertiary/aromatic N) is 2. The second-order valence-electron chi connectivity index (χ2n) is 3.68. The lowest BCUT2D eigenvalue weighted by molar-refractivity contribution is -0.00000375. The van der Waals surface area contributed by atoms with Crippen LogP contribution in [0.1, 0.15) is 21.7 Å². The van der Waals surface area contributed by atoms with Gasteiger partial charge in [0.25, 0.3) is 0 Å². The molecule has 0 saturated carbocycles. The van der Waals surface area contributed by atoms with E-state index in [0.29, 0.717) is 18.5 Å². The monoisotopic (exact) mass is 216 g/mol. The number of rotatable bonds is 1. The average Bonchev–Trinajstić information content (AvgIpc) is 2.11. The van der Waals surface area contributed by atoms with Crippen LogP contribution in [0.4, 0.5) is 0 Å². The molecule has 1 aliphatic rings. The zero-order valence-electron chi connectivity index (χ0n) is 9.57. The minimum atomic E-state index is 0. The SMILES string of the molecule is C#CCN1CC(C)/C(=N/O)CC1C.[Cl-].[H+]. The van der Waals surface area contributed by atoms with E-state index in [1.54, 1.807) is 0 Å². The van der Waals surface area contributed by atoms with Gasteiger partial charge >= 0.3 is 1.43 Å². The summed E-state index contributed by atoms with van der Waals surface area (Å²) in [7, 11) is 0. The van der Waals surface area contributed by atoms with Crippen LogP contribution < -0.4 is 12.4 Å². The number of oxime groups is 1. The molecule has 2 unspecified atom stereocenters.